The van der Waals surface area contributed by atoms with Gasteiger partial charge < -0.3 is 24.8 Å². The van der Waals surface area contributed by atoms with Crippen LogP contribution >= 0.6 is 0 Å². The van der Waals surface area contributed by atoms with Crippen LogP contribution in [0.5, 0.6) is 0 Å². The van der Waals surface area contributed by atoms with Crippen LogP contribution in [0.3, 0.4) is 0 Å². The molecule has 0 radical (unpaired) electrons. The summed E-state index contributed by atoms with van der Waals surface area (Å²) in [5.41, 5.74) is -2.02. The Morgan fingerprint density at radius 1 is 0.925 bits per heavy atom. The van der Waals surface area contributed by atoms with Gasteiger partial charge in [0.05, 0.1) is 11.1 Å². The molecule has 4 aliphatic carbocycles. The predicted octanol–water partition coefficient (Wildman–Crippen LogP) is 4.30. The van der Waals surface area contributed by atoms with Crippen LogP contribution in [0.1, 0.15) is 54.3 Å². The van der Waals surface area contributed by atoms with E-state index in [4.69, 9.17) is 9.47 Å². The largest absolute Gasteiger partial charge is 0.457 e. The van der Waals surface area contributed by atoms with E-state index in [0.717, 1.165) is 6.42 Å². The molecule has 0 aliphatic heterocycles. The number of esters is 2. The highest BCUT2D eigenvalue weighted by atomic mass is 16.6. The van der Waals surface area contributed by atoms with E-state index in [2.05, 4.69) is 13.8 Å². The van der Waals surface area contributed by atoms with Crippen molar-refractivity contribution in [3.05, 3.63) is 95.3 Å². The molecule has 0 saturated heterocycles. The molecule has 7 heteroatoms. The second-order valence-electron chi connectivity index (χ2n) is 12.6. The van der Waals surface area contributed by atoms with E-state index in [0.29, 0.717) is 35.0 Å². The van der Waals surface area contributed by atoms with Crippen LogP contribution < -0.4 is 0 Å². The first-order valence-electron chi connectivity index (χ1n) is 14.0. The highest BCUT2D eigenvalue weighted by Gasteiger charge is 2.73. The fourth-order valence-corrected chi connectivity index (χ4v) is 8.05. The zero-order valence-electron chi connectivity index (χ0n) is 23.0. The lowest BCUT2D eigenvalue weighted by atomic mass is 9.59. The summed E-state index contributed by atoms with van der Waals surface area (Å²) in [4.78, 5) is 25.7. The Labute approximate surface area is 234 Å². The van der Waals surface area contributed by atoms with E-state index >= 15 is 0 Å². The van der Waals surface area contributed by atoms with Gasteiger partial charge in [0.2, 0.25) is 0 Å². The molecule has 4 unspecified atom stereocenters. The number of allylic oxidation sites excluding steroid dienone is 1. The molecule has 2 saturated carbocycles. The number of benzene rings is 2. The van der Waals surface area contributed by atoms with Crippen molar-refractivity contribution >= 4 is 11.9 Å². The first kappa shape index (κ1) is 26.9. The summed E-state index contributed by atoms with van der Waals surface area (Å²) in [5, 5.41) is 35.9. The maximum absolute atomic E-state index is 13.0. The molecule has 210 valence electrons. The van der Waals surface area contributed by atoms with Gasteiger partial charge in [-0.1, -0.05) is 63.2 Å². The molecule has 3 N–H and O–H groups in total. The number of hydrogen-bond acceptors (Lipinski definition) is 7. The average molecular weight is 545 g/mol. The quantitative estimate of drug-likeness (QED) is 0.380. The Bertz CT molecular complexity index is 1380. The molecule has 6 rings (SSSR count). The van der Waals surface area contributed by atoms with Crippen LogP contribution in [0.15, 0.2) is 84.1 Å². The van der Waals surface area contributed by atoms with Crippen molar-refractivity contribution in [1.29, 1.82) is 0 Å². The van der Waals surface area contributed by atoms with Crippen molar-refractivity contribution < 1.29 is 34.4 Å². The van der Waals surface area contributed by atoms with Crippen molar-refractivity contribution in [3.8, 4) is 0 Å². The number of carbonyl (C=O) groups is 2. The summed E-state index contributed by atoms with van der Waals surface area (Å²) >= 11 is 0. The molecule has 7 nitrogen and oxygen atoms in total. The van der Waals surface area contributed by atoms with Gasteiger partial charge in [-0.15, -0.1) is 0 Å². The SMILES string of the molecule is C[C@@H]1C[C@@H]2[C@H](C3C=C(COC(=O)c4ccccc4)[C@@H](O)C4(O)C(O)C(OC(=O)c5ccccc5)=CC14C3)C2(C)C. The van der Waals surface area contributed by atoms with Crippen LogP contribution in [0.25, 0.3) is 0 Å². The minimum absolute atomic E-state index is 0.0355. The first-order valence-corrected chi connectivity index (χ1v) is 14.0. The predicted molar refractivity (Wildman–Crippen MR) is 147 cm³/mol. The monoisotopic (exact) mass is 544 g/mol. The Balaban J connectivity index is 1.37. The molecule has 8 atom stereocenters. The number of hydrogen-bond donors (Lipinski definition) is 3. The zero-order chi connectivity index (χ0) is 28.4. The molecular formula is C33H36O7. The Morgan fingerprint density at radius 2 is 1.52 bits per heavy atom. The van der Waals surface area contributed by atoms with Gasteiger partial charge in [-0.2, -0.15) is 0 Å². The summed E-state index contributed by atoms with van der Waals surface area (Å²) in [6, 6.07) is 17.0. The number of aliphatic hydroxyl groups excluding tert-OH is 2. The number of fused-ring (bicyclic) bond motifs is 3. The van der Waals surface area contributed by atoms with E-state index in [1.807, 2.05) is 13.0 Å². The van der Waals surface area contributed by atoms with Gasteiger partial charge in [0, 0.05) is 5.41 Å². The van der Waals surface area contributed by atoms with Crippen LogP contribution in [-0.2, 0) is 9.47 Å². The lowest BCUT2D eigenvalue weighted by Gasteiger charge is -2.49. The minimum atomic E-state index is -2.08. The highest BCUT2D eigenvalue weighted by molar-refractivity contribution is 5.90. The first-order chi connectivity index (χ1) is 19.0. The van der Waals surface area contributed by atoms with E-state index < -0.39 is 35.2 Å². The standard InChI is InChI=1S/C33H36O7/c1-19-14-24-26(31(24,2)3)22-15-23(18-39-29(36)20-10-6-4-7-11-20)27(34)33(38)28(35)25(17-32(19,33)16-22)40-30(37)21-12-8-5-9-13-21/h4-13,15,17,19,22,24,26-28,34-35,38H,14,16,18H2,1-3H3/t19-,22?,24-,26+,27-,28?,32?,33?/m1/s1. The van der Waals surface area contributed by atoms with E-state index in [-0.39, 0.29) is 29.6 Å². The number of rotatable bonds is 5. The summed E-state index contributed by atoms with van der Waals surface area (Å²) in [5.74, 6) is -0.701. The van der Waals surface area contributed by atoms with Gasteiger partial charge in [0.1, 0.15) is 30.2 Å². The van der Waals surface area contributed by atoms with Gasteiger partial charge >= 0.3 is 11.9 Å². The molecule has 0 heterocycles. The van der Waals surface area contributed by atoms with E-state index in [1.54, 1.807) is 66.7 Å². The van der Waals surface area contributed by atoms with Crippen LogP contribution in [0, 0.1) is 34.5 Å². The van der Waals surface area contributed by atoms with Gasteiger partial charge in [-0.05, 0) is 77.8 Å². The van der Waals surface area contributed by atoms with Gasteiger partial charge in [-0.25, -0.2) is 9.59 Å². The van der Waals surface area contributed by atoms with Crippen molar-refractivity contribution in [2.75, 3.05) is 6.61 Å². The van der Waals surface area contributed by atoms with Crippen LogP contribution in [0.4, 0.5) is 0 Å². The molecule has 2 fully saturated rings. The zero-order valence-corrected chi connectivity index (χ0v) is 23.0. The van der Waals surface area contributed by atoms with E-state index in [1.165, 1.54) is 0 Å². The molecule has 1 spiro atoms. The lowest BCUT2D eigenvalue weighted by molar-refractivity contribution is -0.190. The average Bonchev–Trinajstić information content (AvgIpc) is 3.49. The summed E-state index contributed by atoms with van der Waals surface area (Å²) in [6.45, 7) is 6.30. The fraction of sp³-hybridized carbons (Fsp3) is 0.455. The number of ether oxygens (including phenoxy) is 2. The third-order valence-electron chi connectivity index (χ3n) is 10.3. The highest BCUT2D eigenvalue weighted by Crippen LogP contribution is 2.72. The van der Waals surface area contributed by atoms with Crippen molar-refractivity contribution in [3.63, 3.8) is 0 Å². The molecule has 2 bridgehead atoms. The molecule has 2 aromatic rings. The third kappa shape index (κ3) is 3.90. The number of aliphatic hydroxyl groups is 3. The summed E-state index contributed by atoms with van der Waals surface area (Å²) < 4.78 is 11.3. The molecule has 4 aliphatic rings. The summed E-state index contributed by atoms with van der Waals surface area (Å²) in [7, 11) is 0. The van der Waals surface area contributed by atoms with Crippen molar-refractivity contribution in [2.24, 2.45) is 34.5 Å². The fourth-order valence-electron chi connectivity index (χ4n) is 8.05. The summed E-state index contributed by atoms with van der Waals surface area (Å²) in [6.07, 6.45) is 1.71. The smallest absolute Gasteiger partial charge is 0.343 e. The second kappa shape index (κ2) is 9.40. The third-order valence-corrected chi connectivity index (χ3v) is 10.3. The Hall–Kier alpha value is -3.26. The van der Waals surface area contributed by atoms with Gasteiger partial charge in [0.25, 0.3) is 0 Å². The van der Waals surface area contributed by atoms with Crippen LogP contribution in [0.2, 0.25) is 0 Å². The van der Waals surface area contributed by atoms with Crippen molar-refractivity contribution in [2.45, 2.75) is 51.4 Å². The van der Waals surface area contributed by atoms with Gasteiger partial charge in [0.15, 0.2) is 0 Å². The van der Waals surface area contributed by atoms with Gasteiger partial charge in [-0.3, -0.25) is 0 Å². The molecule has 0 amide bonds. The molecule has 2 aromatic carbocycles. The second-order valence-corrected chi connectivity index (χ2v) is 12.6. The Kier molecular flexibility index (Phi) is 6.33. The minimum Gasteiger partial charge on any atom is -0.457 e. The maximum Gasteiger partial charge on any atom is 0.343 e. The topological polar surface area (TPSA) is 113 Å². The normalized spacial score (nSPS) is 37.0. The maximum atomic E-state index is 13.0. The van der Waals surface area contributed by atoms with E-state index in [9.17, 15) is 24.9 Å². The molecule has 0 aromatic heterocycles. The molecule has 40 heavy (non-hydrogen) atoms. The van der Waals surface area contributed by atoms with Crippen molar-refractivity contribution in [1.82, 2.24) is 0 Å². The number of carbonyl (C=O) groups excluding carboxylic acids is 2. The lowest BCUT2D eigenvalue weighted by Crippen LogP contribution is -2.62. The Morgan fingerprint density at radius 3 is 2.15 bits per heavy atom. The molecular weight excluding hydrogens is 508 g/mol. The van der Waals surface area contributed by atoms with Crippen LogP contribution in [-0.4, -0.2) is 51.7 Å².